The Morgan fingerprint density at radius 1 is 0.875 bits per heavy atom. The largest absolute Gasteiger partial charge is 0.507 e. The molecular weight excluding hydrogens is 392 g/mol. The summed E-state index contributed by atoms with van der Waals surface area (Å²) in [6.45, 7) is 13.7. The molecule has 1 aromatic rings. The van der Waals surface area contributed by atoms with Crippen LogP contribution in [0.15, 0.2) is 12.1 Å². The Balaban J connectivity index is 1.83. The molecule has 0 aromatic heterocycles. The van der Waals surface area contributed by atoms with Gasteiger partial charge in [-0.2, -0.15) is 0 Å². The Morgan fingerprint density at radius 2 is 1.44 bits per heavy atom. The lowest BCUT2D eigenvalue weighted by atomic mass is 9.61. The van der Waals surface area contributed by atoms with Crippen LogP contribution in [-0.4, -0.2) is 16.3 Å². The zero-order valence-electron chi connectivity index (χ0n) is 21.8. The van der Waals surface area contributed by atoms with Crippen LogP contribution in [-0.2, 0) is 11.8 Å². The number of benzene rings is 1. The first-order valence-corrected chi connectivity index (χ1v) is 13.6. The predicted octanol–water partition coefficient (Wildman–Crippen LogP) is 8.09. The van der Waals surface area contributed by atoms with E-state index in [1.54, 1.807) is 0 Å². The number of aromatic hydroxyl groups is 1. The van der Waals surface area contributed by atoms with E-state index < -0.39 is 0 Å². The minimum absolute atomic E-state index is 0.0840. The summed E-state index contributed by atoms with van der Waals surface area (Å²) in [7, 11) is 0. The van der Waals surface area contributed by atoms with Crippen LogP contribution < -0.4 is 0 Å². The van der Waals surface area contributed by atoms with Crippen molar-refractivity contribution in [2.75, 3.05) is 0 Å². The highest BCUT2D eigenvalue weighted by Crippen LogP contribution is 2.48. The Labute approximate surface area is 198 Å². The van der Waals surface area contributed by atoms with Crippen molar-refractivity contribution in [1.29, 1.82) is 0 Å². The third kappa shape index (κ3) is 5.72. The van der Waals surface area contributed by atoms with Crippen molar-refractivity contribution in [3.05, 3.63) is 28.8 Å². The molecule has 2 heteroatoms. The van der Waals surface area contributed by atoms with Crippen molar-refractivity contribution in [2.24, 2.45) is 23.2 Å². The number of aryl methyl sites for hydroxylation is 1. The van der Waals surface area contributed by atoms with Gasteiger partial charge in [-0.3, -0.25) is 0 Å². The highest BCUT2D eigenvalue weighted by molar-refractivity contribution is 5.47. The van der Waals surface area contributed by atoms with E-state index in [2.05, 4.69) is 53.7 Å². The van der Waals surface area contributed by atoms with E-state index in [9.17, 15) is 10.2 Å². The molecule has 0 aliphatic heterocycles. The molecule has 32 heavy (non-hydrogen) atoms. The quantitative estimate of drug-likeness (QED) is 0.427. The second-order valence-electron chi connectivity index (χ2n) is 12.6. The predicted molar refractivity (Wildman–Crippen MR) is 136 cm³/mol. The van der Waals surface area contributed by atoms with Crippen molar-refractivity contribution >= 4 is 0 Å². The zero-order valence-corrected chi connectivity index (χ0v) is 21.8. The maximum absolute atomic E-state index is 11.7. The maximum Gasteiger partial charge on any atom is 0.122 e. The minimum Gasteiger partial charge on any atom is -0.507 e. The monoisotopic (exact) mass is 442 g/mol. The fourth-order valence-electron chi connectivity index (χ4n) is 7.01. The van der Waals surface area contributed by atoms with Crippen LogP contribution in [0.5, 0.6) is 5.75 Å². The average molecular weight is 443 g/mol. The van der Waals surface area contributed by atoms with Gasteiger partial charge in [0.2, 0.25) is 0 Å². The number of hydrogen-bond donors (Lipinski definition) is 2. The molecule has 2 aliphatic carbocycles. The second-order valence-corrected chi connectivity index (χ2v) is 12.6. The minimum atomic E-state index is -0.325. The Bertz CT molecular complexity index is 737. The van der Waals surface area contributed by atoms with Gasteiger partial charge in [-0.1, -0.05) is 90.8 Å². The van der Waals surface area contributed by atoms with Crippen molar-refractivity contribution < 1.29 is 10.2 Å². The molecule has 0 heterocycles. The molecule has 3 unspecified atom stereocenters. The van der Waals surface area contributed by atoms with Gasteiger partial charge in [0, 0.05) is 5.56 Å². The highest BCUT2D eigenvalue weighted by atomic mass is 16.3. The Kier molecular flexibility index (Phi) is 8.40. The van der Waals surface area contributed by atoms with E-state index in [-0.39, 0.29) is 22.9 Å². The molecular formula is C30H50O2. The maximum atomic E-state index is 11.7. The number of rotatable bonds is 8. The molecule has 3 atom stereocenters. The molecule has 182 valence electrons. The lowest BCUT2D eigenvalue weighted by Crippen LogP contribution is -2.42. The van der Waals surface area contributed by atoms with Gasteiger partial charge in [-0.05, 0) is 79.6 Å². The first kappa shape index (κ1) is 25.6. The topological polar surface area (TPSA) is 40.5 Å². The van der Waals surface area contributed by atoms with Crippen molar-refractivity contribution in [1.82, 2.24) is 0 Å². The van der Waals surface area contributed by atoms with Gasteiger partial charge in [0.15, 0.2) is 0 Å². The van der Waals surface area contributed by atoms with Gasteiger partial charge < -0.3 is 10.2 Å². The molecule has 3 rings (SSSR count). The SMILES string of the molecule is Cc1cc(CC(C)C(O)C(CC(C)C)C2(C)CCCCC2)c(O)c(C2(C)CCCCC2)c1. The average Bonchev–Trinajstić information content (AvgIpc) is 2.74. The van der Waals surface area contributed by atoms with E-state index >= 15 is 0 Å². The molecule has 1 aromatic carbocycles. The molecule has 2 saturated carbocycles. The molecule has 0 saturated heterocycles. The number of phenolic OH excluding ortho intramolecular Hbond substituents is 1. The summed E-state index contributed by atoms with van der Waals surface area (Å²) in [5.41, 5.74) is 3.74. The van der Waals surface area contributed by atoms with Gasteiger partial charge in [-0.25, -0.2) is 0 Å². The summed E-state index contributed by atoms with van der Waals surface area (Å²) in [5.74, 6) is 1.56. The fourth-order valence-corrected chi connectivity index (χ4v) is 7.01. The van der Waals surface area contributed by atoms with Crippen LogP contribution in [0.1, 0.15) is 122 Å². The van der Waals surface area contributed by atoms with E-state index in [4.69, 9.17) is 0 Å². The third-order valence-corrected chi connectivity index (χ3v) is 9.09. The molecule has 2 nitrogen and oxygen atoms in total. The summed E-state index contributed by atoms with van der Waals surface area (Å²) >= 11 is 0. The van der Waals surface area contributed by atoms with Crippen LogP contribution >= 0.6 is 0 Å². The van der Waals surface area contributed by atoms with E-state index in [1.807, 2.05) is 0 Å². The molecule has 2 N–H and O–H groups in total. The van der Waals surface area contributed by atoms with Crippen LogP contribution in [0.4, 0.5) is 0 Å². The van der Waals surface area contributed by atoms with Gasteiger partial charge in [0.25, 0.3) is 0 Å². The smallest absolute Gasteiger partial charge is 0.122 e. The number of phenols is 1. The van der Waals surface area contributed by atoms with Crippen LogP contribution in [0.3, 0.4) is 0 Å². The fraction of sp³-hybridized carbons (Fsp3) is 0.800. The molecule has 0 spiro atoms. The normalized spacial score (nSPS) is 23.6. The van der Waals surface area contributed by atoms with Crippen molar-refractivity contribution in [3.8, 4) is 5.75 Å². The van der Waals surface area contributed by atoms with E-state index in [1.165, 1.54) is 56.9 Å². The highest BCUT2D eigenvalue weighted by Gasteiger charge is 2.41. The lowest BCUT2D eigenvalue weighted by Gasteiger charge is -2.45. The number of hydrogen-bond acceptors (Lipinski definition) is 2. The van der Waals surface area contributed by atoms with Crippen molar-refractivity contribution in [3.63, 3.8) is 0 Å². The van der Waals surface area contributed by atoms with Gasteiger partial charge >= 0.3 is 0 Å². The van der Waals surface area contributed by atoms with Crippen LogP contribution in [0.2, 0.25) is 0 Å². The molecule has 0 bridgehead atoms. The summed E-state index contributed by atoms with van der Waals surface area (Å²) in [5, 5.41) is 23.0. The van der Waals surface area contributed by atoms with Gasteiger partial charge in [-0.15, -0.1) is 0 Å². The Morgan fingerprint density at radius 3 is 2.00 bits per heavy atom. The molecule has 0 radical (unpaired) electrons. The zero-order chi connectivity index (χ0) is 23.5. The molecule has 2 fully saturated rings. The van der Waals surface area contributed by atoms with Gasteiger partial charge in [0.1, 0.15) is 5.75 Å². The Hall–Kier alpha value is -1.02. The molecule has 2 aliphatic rings. The van der Waals surface area contributed by atoms with Crippen LogP contribution in [0.25, 0.3) is 0 Å². The van der Waals surface area contributed by atoms with Crippen LogP contribution in [0, 0.1) is 30.1 Å². The van der Waals surface area contributed by atoms with Gasteiger partial charge in [0.05, 0.1) is 6.10 Å². The second kappa shape index (κ2) is 10.5. The summed E-state index contributed by atoms with van der Waals surface area (Å²) in [6.07, 6.45) is 14.1. The lowest BCUT2D eigenvalue weighted by molar-refractivity contribution is -0.0352. The number of aliphatic hydroxyl groups is 1. The van der Waals surface area contributed by atoms with Crippen molar-refractivity contribution in [2.45, 2.75) is 130 Å². The first-order chi connectivity index (χ1) is 15.1. The summed E-state index contributed by atoms with van der Waals surface area (Å²) < 4.78 is 0. The third-order valence-electron chi connectivity index (χ3n) is 9.09. The standard InChI is InChI=1S/C30H50O2/c1-21(2)17-25(29(5)13-9-7-10-14-29)27(31)23(4)20-24-18-22(3)19-26(28(24)32)30(6)15-11-8-12-16-30/h18-19,21,23,25,27,31-32H,7-17,20H2,1-6H3. The number of aliphatic hydroxyl groups excluding tert-OH is 1. The molecule has 0 amide bonds. The first-order valence-electron chi connectivity index (χ1n) is 13.6. The summed E-state index contributed by atoms with van der Waals surface area (Å²) in [6, 6.07) is 4.38. The van der Waals surface area contributed by atoms with E-state index in [0.29, 0.717) is 17.6 Å². The summed E-state index contributed by atoms with van der Waals surface area (Å²) in [4.78, 5) is 0. The van der Waals surface area contributed by atoms with E-state index in [0.717, 1.165) is 36.8 Å².